The highest BCUT2D eigenvalue weighted by molar-refractivity contribution is 5.77. The van der Waals surface area contributed by atoms with Crippen LogP contribution in [-0.2, 0) is 14.4 Å². The quantitative estimate of drug-likeness (QED) is 0.0584. The summed E-state index contributed by atoms with van der Waals surface area (Å²) in [6, 6.07) is -3.37. The molecule has 0 fully saturated rings. The fourth-order valence-corrected chi connectivity index (χ4v) is 6.27. The summed E-state index contributed by atoms with van der Waals surface area (Å²) in [5.41, 5.74) is 0. The van der Waals surface area contributed by atoms with Crippen LogP contribution in [-0.4, -0.2) is 57.3 Å². The topological polar surface area (TPSA) is 115 Å². The number of carbonyl (C=O) groups excluding carboxylic acids is 1. The second-order valence-electron chi connectivity index (χ2n) is 11.6. The number of rotatable bonds is 28. The van der Waals surface area contributed by atoms with Gasteiger partial charge >= 0.3 is 11.9 Å². The Morgan fingerprint density at radius 2 is 0.950 bits per heavy atom. The largest absolute Gasteiger partial charge is 0.544 e. The van der Waals surface area contributed by atoms with Gasteiger partial charge in [0.25, 0.3) is 0 Å². The summed E-state index contributed by atoms with van der Waals surface area (Å²) < 4.78 is -0.454. The molecule has 0 heterocycles. The van der Waals surface area contributed by atoms with Crippen molar-refractivity contribution in [1.82, 2.24) is 0 Å². The van der Waals surface area contributed by atoms with Crippen LogP contribution >= 0.6 is 0 Å². The van der Waals surface area contributed by atoms with Gasteiger partial charge in [-0.05, 0) is 44.9 Å². The Labute approximate surface area is 245 Å². The molecule has 2 N–H and O–H groups in total. The average Bonchev–Trinajstić information content (AvgIpc) is 2.91. The van der Waals surface area contributed by atoms with E-state index in [0.29, 0.717) is 25.7 Å². The molecule has 0 saturated heterocycles. The first-order chi connectivity index (χ1) is 19.2. The zero-order chi connectivity index (χ0) is 30.2. The first-order valence-corrected chi connectivity index (χ1v) is 16.4. The van der Waals surface area contributed by atoms with Gasteiger partial charge < -0.3 is 20.1 Å². The lowest BCUT2D eigenvalue weighted by Gasteiger charge is -2.52. The van der Waals surface area contributed by atoms with Crippen LogP contribution in [0.15, 0.2) is 12.2 Å². The molecule has 7 nitrogen and oxygen atoms in total. The van der Waals surface area contributed by atoms with Crippen molar-refractivity contribution in [2.45, 2.75) is 174 Å². The fraction of sp³-hybridized carbons (Fsp3) is 0.848. The van der Waals surface area contributed by atoms with E-state index in [1.54, 1.807) is 0 Å². The summed E-state index contributed by atoms with van der Waals surface area (Å²) in [6.45, 7) is 8.01. The highest BCUT2D eigenvalue weighted by atomic mass is 16.4. The number of hydrogen-bond acceptors (Lipinski definition) is 4. The maximum atomic E-state index is 12.5. The molecule has 0 aliphatic carbocycles. The molecule has 234 valence electrons. The van der Waals surface area contributed by atoms with Crippen molar-refractivity contribution in [3.05, 3.63) is 12.2 Å². The molecule has 40 heavy (non-hydrogen) atoms. The van der Waals surface area contributed by atoms with E-state index in [9.17, 15) is 29.7 Å². The van der Waals surface area contributed by atoms with Crippen molar-refractivity contribution in [3.63, 3.8) is 0 Å². The van der Waals surface area contributed by atoms with Crippen LogP contribution in [0.2, 0.25) is 0 Å². The molecule has 3 atom stereocenters. The molecular weight excluding hydrogens is 506 g/mol. The smallest absolute Gasteiger partial charge is 0.362 e. The molecular formula is C33H61NO6. The molecule has 0 rings (SSSR count). The molecule has 0 radical (unpaired) electrons. The van der Waals surface area contributed by atoms with Crippen molar-refractivity contribution < 1.29 is 34.2 Å². The van der Waals surface area contributed by atoms with Gasteiger partial charge in [-0.25, -0.2) is 9.59 Å². The van der Waals surface area contributed by atoms with Crippen LogP contribution in [0.25, 0.3) is 0 Å². The number of carbonyl (C=O) groups is 3. The number of aliphatic carboxylic acids is 3. The van der Waals surface area contributed by atoms with Gasteiger partial charge in [0, 0.05) is 19.3 Å². The molecule has 0 aromatic carbocycles. The summed E-state index contributed by atoms with van der Waals surface area (Å²) in [6.07, 6.45) is 23.0. The molecule has 0 amide bonds. The summed E-state index contributed by atoms with van der Waals surface area (Å²) in [4.78, 5) is 37.5. The number of quaternary nitrogens is 1. The van der Waals surface area contributed by atoms with E-state index >= 15 is 0 Å². The maximum Gasteiger partial charge on any atom is 0.362 e. The molecule has 0 spiro atoms. The monoisotopic (exact) mass is 567 g/mol. The van der Waals surface area contributed by atoms with E-state index in [-0.39, 0.29) is 25.8 Å². The van der Waals surface area contributed by atoms with Crippen LogP contribution in [0.5, 0.6) is 0 Å². The fourth-order valence-electron chi connectivity index (χ4n) is 6.27. The van der Waals surface area contributed by atoms with Crippen molar-refractivity contribution in [1.29, 1.82) is 0 Å². The zero-order valence-corrected chi connectivity index (χ0v) is 26.2. The van der Waals surface area contributed by atoms with Crippen LogP contribution in [0.4, 0.5) is 0 Å². The van der Waals surface area contributed by atoms with E-state index in [2.05, 4.69) is 19.1 Å². The lowest BCUT2D eigenvalue weighted by molar-refractivity contribution is -0.975. The standard InChI is InChI=1S/C33H61NO6/c1-5-9-10-11-12-13-14-15-16-17-18-19-20-21-22-23-27-34(28(24-6-2)31(35)36,29(25-7-3)32(37)38)30(26-8-4)33(39)40/h19-20,28-30H,5-18,21-27H2,1-4H3,(H2-,35,36,37,38,39,40)/b20-19+. The zero-order valence-electron chi connectivity index (χ0n) is 26.2. The van der Waals surface area contributed by atoms with Crippen LogP contribution < -0.4 is 5.11 Å². The minimum absolute atomic E-state index is 0.197. The van der Waals surface area contributed by atoms with Crippen LogP contribution in [0.1, 0.15) is 156 Å². The normalized spacial score (nSPS) is 15.5. The Hall–Kier alpha value is -1.89. The van der Waals surface area contributed by atoms with Gasteiger partial charge in [0.2, 0.25) is 0 Å². The molecule has 0 bridgehead atoms. The maximum absolute atomic E-state index is 12.5. The Morgan fingerprint density at radius 3 is 1.32 bits per heavy atom. The highest BCUT2D eigenvalue weighted by Crippen LogP contribution is 2.34. The van der Waals surface area contributed by atoms with Crippen molar-refractivity contribution in [2.75, 3.05) is 6.54 Å². The SMILES string of the molecule is CCCCCCCCCCCC/C=C/CCCC[N+](C(CCC)C(=O)[O-])(C(CCC)C(=O)O)C(CCC)C(=O)O. The minimum Gasteiger partial charge on any atom is -0.544 e. The minimum atomic E-state index is -1.34. The van der Waals surface area contributed by atoms with Gasteiger partial charge in [-0.15, -0.1) is 0 Å². The summed E-state index contributed by atoms with van der Waals surface area (Å²) >= 11 is 0. The average molecular weight is 568 g/mol. The highest BCUT2D eigenvalue weighted by Gasteiger charge is 2.54. The molecule has 3 unspecified atom stereocenters. The van der Waals surface area contributed by atoms with Gasteiger partial charge in [-0.3, -0.25) is 4.48 Å². The van der Waals surface area contributed by atoms with Gasteiger partial charge in [0.15, 0.2) is 12.1 Å². The van der Waals surface area contributed by atoms with Gasteiger partial charge in [0.05, 0.1) is 12.5 Å². The van der Waals surface area contributed by atoms with Gasteiger partial charge in [-0.2, -0.15) is 0 Å². The third kappa shape index (κ3) is 14.1. The molecule has 0 aliphatic rings. The van der Waals surface area contributed by atoms with Crippen LogP contribution in [0, 0.1) is 0 Å². The molecule has 0 aliphatic heterocycles. The predicted molar refractivity (Wildman–Crippen MR) is 161 cm³/mol. The predicted octanol–water partition coefficient (Wildman–Crippen LogP) is 7.27. The number of allylic oxidation sites excluding steroid dienone is 2. The number of unbranched alkanes of at least 4 members (excludes halogenated alkanes) is 12. The summed E-state index contributed by atoms with van der Waals surface area (Å²) in [7, 11) is 0. The first kappa shape index (κ1) is 38.1. The molecule has 0 saturated carbocycles. The van der Waals surface area contributed by atoms with E-state index in [0.717, 1.165) is 19.3 Å². The summed E-state index contributed by atoms with van der Waals surface area (Å²) in [5, 5.41) is 32.9. The van der Waals surface area contributed by atoms with Crippen molar-refractivity contribution >= 4 is 17.9 Å². The van der Waals surface area contributed by atoms with Crippen molar-refractivity contribution in [2.24, 2.45) is 0 Å². The second-order valence-corrected chi connectivity index (χ2v) is 11.6. The first-order valence-electron chi connectivity index (χ1n) is 16.4. The number of nitrogens with zero attached hydrogens (tertiary/aromatic N) is 1. The van der Waals surface area contributed by atoms with Gasteiger partial charge in [0.1, 0.15) is 6.04 Å². The van der Waals surface area contributed by atoms with E-state index in [1.165, 1.54) is 64.2 Å². The Balaban J connectivity index is 5.18. The Bertz CT molecular complexity index is 647. The van der Waals surface area contributed by atoms with E-state index in [1.807, 2.05) is 20.8 Å². The third-order valence-corrected chi connectivity index (χ3v) is 8.33. The van der Waals surface area contributed by atoms with Crippen LogP contribution in [0.3, 0.4) is 0 Å². The van der Waals surface area contributed by atoms with Gasteiger partial charge in [-0.1, -0.05) is 104 Å². The Kier molecular flexibility index (Phi) is 22.7. The van der Waals surface area contributed by atoms with Crippen molar-refractivity contribution in [3.8, 4) is 0 Å². The lowest BCUT2D eigenvalue weighted by atomic mass is 9.91. The van der Waals surface area contributed by atoms with E-state index in [4.69, 9.17) is 0 Å². The second kappa shape index (κ2) is 23.8. The third-order valence-electron chi connectivity index (χ3n) is 8.33. The molecule has 0 aromatic rings. The lowest BCUT2D eigenvalue weighted by Crippen LogP contribution is -2.74. The number of carboxylic acid groups (broad SMARTS) is 3. The molecule has 0 aromatic heterocycles. The Morgan fingerprint density at radius 1 is 0.575 bits per heavy atom. The molecule has 7 heteroatoms. The van der Waals surface area contributed by atoms with E-state index < -0.39 is 40.5 Å². The number of hydrogen-bond donors (Lipinski definition) is 2. The number of carboxylic acids is 3. The summed E-state index contributed by atoms with van der Waals surface area (Å²) in [5.74, 6) is -3.59.